The predicted molar refractivity (Wildman–Crippen MR) is 106 cm³/mol. The molecule has 2 atom stereocenters. The molecule has 0 spiro atoms. The standard InChI is InChI=1S/C20H32N4O6/c1-16(2,3)20(15(26)30-28,17(4,5)6)11-19(8,13-22)24-23-18(7,12-21)10-9-14(25)29-27/h27-28H,9-11H2,1-8H3/b24-23+. The number of azo groups is 1. The molecule has 0 amide bonds. The fourth-order valence-corrected chi connectivity index (χ4v) is 3.77. The maximum absolute atomic E-state index is 12.8. The molecule has 0 saturated carbocycles. The van der Waals surface area contributed by atoms with Crippen LogP contribution in [0.4, 0.5) is 0 Å². The van der Waals surface area contributed by atoms with Gasteiger partial charge >= 0.3 is 11.9 Å². The monoisotopic (exact) mass is 424 g/mol. The largest absolute Gasteiger partial charge is 0.349 e. The Bertz CT molecular complexity index is 739. The third-order valence-electron chi connectivity index (χ3n) is 5.49. The van der Waals surface area contributed by atoms with Crippen molar-refractivity contribution in [1.29, 1.82) is 10.5 Å². The van der Waals surface area contributed by atoms with E-state index in [4.69, 9.17) is 5.26 Å². The molecule has 10 heteroatoms. The summed E-state index contributed by atoms with van der Waals surface area (Å²) in [6.07, 6.45) is -0.531. The van der Waals surface area contributed by atoms with E-state index in [2.05, 4.69) is 20.0 Å². The molecule has 0 aromatic carbocycles. The van der Waals surface area contributed by atoms with Crippen molar-refractivity contribution < 1.29 is 29.9 Å². The van der Waals surface area contributed by atoms with E-state index in [1.54, 1.807) is 41.5 Å². The maximum atomic E-state index is 12.8. The Morgan fingerprint density at radius 3 is 1.60 bits per heavy atom. The van der Waals surface area contributed by atoms with Gasteiger partial charge in [-0.1, -0.05) is 41.5 Å². The highest BCUT2D eigenvalue weighted by atomic mass is 17.1. The molecule has 0 saturated heterocycles. The third-order valence-corrected chi connectivity index (χ3v) is 5.49. The first-order chi connectivity index (χ1) is 13.5. The van der Waals surface area contributed by atoms with Crippen molar-refractivity contribution in [3.63, 3.8) is 0 Å². The minimum atomic E-state index is -1.55. The van der Waals surface area contributed by atoms with Gasteiger partial charge in [0.1, 0.15) is 0 Å². The first-order valence-electron chi connectivity index (χ1n) is 9.44. The van der Waals surface area contributed by atoms with Crippen LogP contribution < -0.4 is 0 Å². The smallest absolute Gasteiger partial charge is 0.301 e. The highest BCUT2D eigenvalue weighted by molar-refractivity contribution is 5.78. The van der Waals surface area contributed by atoms with Crippen LogP contribution in [0, 0.1) is 38.9 Å². The first kappa shape index (κ1) is 27.4. The van der Waals surface area contributed by atoms with Crippen molar-refractivity contribution >= 4 is 11.9 Å². The Hall–Kier alpha value is -2.56. The molecule has 30 heavy (non-hydrogen) atoms. The molecule has 0 rings (SSSR count). The van der Waals surface area contributed by atoms with Crippen LogP contribution in [0.15, 0.2) is 10.2 Å². The van der Waals surface area contributed by atoms with Crippen LogP contribution >= 0.6 is 0 Å². The molecule has 0 aromatic heterocycles. The maximum Gasteiger partial charge on any atom is 0.349 e. The van der Waals surface area contributed by atoms with E-state index in [1.165, 1.54) is 13.8 Å². The van der Waals surface area contributed by atoms with Crippen LogP contribution in [0.5, 0.6) is 0 Å². The molecular formula is C20H32N4O6. The summed E-state index contributed by atoms with van der Waals surface area (Å²) < 4.78 is 0. The van der Waals surface area contributed by atoms with Crippen LogP contribution in [-0.4, -0.2) is 33.5 Å². The molecule has 10 nitrogen and oxygen atoms in total. The topological polar surface area (TPSA) is 165 Å². The van der Waals surface area contributed by atoms with E-state index >= 15 is 0 Å². The Morgan fingerprint density at radius 2 is 1.27 bits per heavy atom. The van der Waals surface area contributed by atoms with Gasteiger partial charge in [-0.15, -0.1) is 0 Å². The van der Waals surface area contributed by atoms with Crippen LogP contribution in [0.3, 0.4) is 0 Å². The Balaban J connectivity index is 6.28. The van der Waals surface area contributed by atoms with E-state index in [0.29, 0.717) is 0 Å². The van der Waals surface area contributed by atoms with Gasteiger partial charge in [0.05, 0.1) is 24.0 Å². The molecule has 0 aliphatic rings. The first-order valence-corrected chi connectivity index (χ1v) is 9.44. The summed E-state index contributed by atoms with van der Waals surface area (Å²) in [5, 5.41) is 45.0. The average molecular weight is 424 g/mol. The zero-order valence-corrected chi connectivity index (χ0v) is 18.9. The second kappa shape index (κ2) is 9.50. The van der Waals surface area contributed by atoms with E-state index < -0.39 is 39.3 Å². The number of carbonyl (C=O) groups is 2. The Kier molecular flexibility index (Phi) is 8.69. The number of rotatable bonds is 8. The van der Waals surface area contributed by atoms with Crippen LogP contribution in [0.2, 0.25) is 0 Å². The molecule has 0 aromatic rings. The lowest BCUT2D eigenvalue weighted by Gasteiger charge is -2.52. The molecule has 168 valence electrons. The van der Waals surface area contributed by atoms with Crippen molar-refractivity contribution in [3.05, 3.63) is 0 Å². The number of carbonyl (C=O) groups excluding carboxylic acids is 2. The quantitative estimate of drug-likeness (QED) is 0.331. The summed E-state index contributed by atoms with van der Waals surface area (Å²) in [6, 6.07) is 3.96. The zero-order valence-electron chi connectivity index (χ0n) is 18.9. The molecule has 0 aliphatic heterocycles. The summed E-state index contributed by atoms with van der Waals surface area (Å²) in [5.74, 6) is -1.83. The average Bonchev–Trinajstić information content (AvgIpc) is 2.66. The highest BCUT2D eigenvalue weighted by Gasteiger charge is 2.60. The molecular weight excluding hydrogens is 392 g/mol. The Labute approximate surface area is 177 Å². The molecule has 0 heterocycles. The molecule has 0 fully saturated rings. The predicted octanol–water partition coefficient (Wildman–Crippen LogP) is 4.28. The van der Waals surface area contributed by atoms with E-state index in [-0.39, 0.29) is 19.3 Å². The molecule has 2 unspecified atom stereocenters. The van der Waals surface area contributed by atoms with Crippen molar-refractivity contribution in [2.24, 2.45) is 26.5 Å². The Morgan fingerprint density at radius 1 is 0.833 bits per heavy atom. The number of hydrogen-bond donors (Lipinski definition) is 2. The van der Waals surface area contributed by atoms with Gasteiger partial charge in [-0.3, -0.25) is 0 Å². The third kappa shape index (κ3) is 5.97. The van der Waals surface area contributed by atoms with Crippen LogP contribution in [0.25, 0.3) is 0 Å². The van der Waals surface area contributed by atoms with E-state index in [9.17, 15) is 25.4 Å². The lowest BCUT2D eigenvalue weighted by atomic mass is 9.50. The van der Waals surface area contributed by atoms with Gasteiger partial charge in [-0.25, -0.2) is 9.59 Å². The minimum absolute atomic E-state index is 0.101. The van der Waals surface area contributed by atoms with Gasteiger partial charge in [0.15, 0.2) is 11.1 Å². The molecule has 0 bridgehead atoms. The van der Waals surface area contributed by atoms with Gasteiger partial charge in [0.25, 0.3) is 0 Å². The van der Waals surface area contributed by atoms with Gasteiger partial charge < -0.3 is 9.78 Å². The molecule has 0 radical (unpaired) electrons. The highest BCUT2D eigenvalue weighted by Crippen LogP contribution is 2.57. The number of nitriles is 2. The summed E-state index contributed by atoms with van der Waals surface area (Å²) in [4.78, 5) is 31.7. The van der Waals surface area contributed by atoms with Crippen molar-refractivity contribution in [3.8, 4) is 12.1 Å². The fraction of sp³-hybridized carbons (Fsp3) is 0.800. The van der Waals surface area contributed by atoms with Gasteiger partial charge in [0, 0.05) is 6.42 Å². The minimum Gasteiger partial charge on any atom is -0.301 e. The van der Waals surface area contributed by atoms with Crippen molar-refractivity contribution in [2.45, 2.75) is 85.7 Å². The number of nitrogens with zero attached hydrogens (tertiary/aromatic N) is 4. The van der Waals surface area contributed by atoms with Gasteiger partial charge in [0.2, 0.25) is 0 Å². The SMILES string of the molecule is CC(C#N)(CCC(=O)OO)/N=N/C(C)(C#N)CC(C(=O)OO)(C(C)(C)C)C(C)(C)C. The number of hydrogen-bond acceptors (Lipinski definition) is 10. The normalized spacial score (nSPS) is 16.7. The summed E-state index contributed by atoms with van der Waals surface area (Å²) in [6.45, 7) is 13.7. The lowest BCUT2D eigenvalue weighted by Crippen LogP contribution is -2.56. The summed E-state index contributed by atoms with van der Waals surface area (Å²) in [5.41, 5.74) is -5.85. The van der Waals surface area contributed by atoms with E-state index in [0.717, 1.165) is 0 Å². The van der Waals surface area contributed by atoms with Crippen molar-refractivity contribution in [1.82, 2.24) is 0 Å². The van der Waals surface area contributed by atoms with Gasteiger partial charge in [-0.05, 0) is 31.1 Å². The summed E-state index contributed by atoms with van der Waals surface area (Å²) >= 11 is 0. The lowest BCUT2D eigenvalue weighted by molar-refractivity contribution is -0.260. The second-order valence-electron chi connectivity index (χ2n) is 9.90. The molecule has 2 N–H and O–H groups in total. The van der Waals surface area contributed by atoms with Crippen LogP contribution in [-0.2, 0) is 19.4 Å². The van der Waals surface area contributed by atoms with Crippen molar-refractivity contribution in [2.75, 3.05) is 0 Å². The van der Waals surface area contributed by atoms with Gasteiger partial charge in [-0.2, -0.15) is 31.3 Å². The molecule has 0 aliphatic carbocycles. The second-order valence-corrected chi connectivity index (χ2v) is 9.90. The van der Waals surface area contributed by atoms with E-state index in [1.807, 2.05) is 12.1 Å². The van der Waals surface area contributed by atoms with Crippen LogP contribution in [0.1, 0.15) is 74.7 Å². The summed E-state index contributed by atoms with van der Waals surface area (Å²) in [7, 11) is 0. The zero-order chi connectivity index (χ0) is 24.0. The fourth-order valence-electron chi connectivity index (χ4n) is 3.77.